The summed E-state index contributed by atoms with van der Waals surface area (Å²) in [5.74, 6) is 1.15. The summed E-state index contributed by atoms with van der Waals surface area (Å²) in [5, 5.41) is 4.55. The maximum atomic E-state index is 6.12. The van der Waals surface area contributed by atoms with Crippen molar-refractivity contribution in [2.24, 2.45) is 0 Å². The van der Waals surface area contributed by atoms with Crippen LogP contribution in [-0.4, -0.2) is 19.3 Å². The van der Waals surface area contributed by atoms with Crippen LogP contribution in [0.3, 0.4) is 0 Å². The number of rotatable bonds is 3. The molecular formula is C14H13Br2ClN4. The van der Waals surface area contributed by atoms with Gasteiger partial charge in [-0.25, -0.2) is 9.67 Å². The third-order valence-electron chi connectivity index (χ3n) is 3.36. The molecule has 4 nitrogen and oxygen atoms in total. The summed E-state index contributed by atoms with van der Waals surface area (Å²) in [7, 11) is 0. The SMILES string of the molecule is CCn1nc(C)c2nc(CCl)n(-c3c(Br)cccc3Br)c21. The first-order chi connectivity index (χ1) is 10.1. The normalized spacial score (nSPS) is 11.5. The lowest BCUT2D eigenvalue weighted by atomic mass is 10.3. The van der Waals surface area contributed by atoms with Crippen LogP contribution in [0.2, 0.25) is 0 Å². The van der Waals surface area contributed by atoms with E-state index in [1.807, 2.05) is 29.8 Å². The van der Waals surface area contributed by atoms with Gasteiger partial charge < -0.3 is 0 Å². The minimum Gasteiger partial charge on any atom is -0.278 e. The molecule has 0 radical (unpaired) electrons. The molecule has 0 atom stereocenters. The predicted molar refractivity (Wildman–Crippen MR) is 92.2 cm³/mol. The molecule has 0 N–H and O–H groups in total. The number of benzene rings is 1. The zero-order valence-electron chi connectivity index (χ0n) is 11.6. The summed E-state index contributed by atoms with van der Waals surface area (Å²) in [6.07, 6.45) is 0. The molecule has 2 aromatic heterocycles. The number of halogens is 3. The smallest absolute Gasteiger partial charge is 0.163 e. The Labute approximate surface area is 144 Å². The zero-order valence-corrected chi connectivity index (χ0v) is 15.5. The molecule has 0 bridgehead atoms. The van der Waals surface area contributed by atoms with Crippen molar-refractivity contribution < 1.29 is 0 Å². The van der Waals surface area contributed by atoms with Crippen molar-refractivity contribution in [1.82, 2.24) is 19.3 Å². The summed E-state index contributed by atoms with van der Waals surface area (Å²) in [4.78, 5) is 4.66. The van der Waals surface area contributed by atoms with Crippen molar-refractivity contribution in [3.8, 4) is 5.69 Å². The largest absolute Gasteiger partial charge is 0.278 e. The van der Waals surface area contributed by atoms with Crippen molar-refractivity contribution in [1.29, 1.82) is 0 Å². The van der Waals surface area contributed by atoms with E-state index in [9.17, 15) is 0 Å². The molecular weight excluding hydrogens is 419 g/mol. The Morgan fingerprint density at radius 3 is 2.48 bits per heavy atom. The van der Waals surface area contributed by atoms with Crippen molar-refractivity contribution in [2.45, 2.75) is 26.3 Å². The summed E-state index contributed by atoms with van der Waals surface area (Å²) < 4.78 is 5.98. The molecule has 0 spiro atoms. The van der Waals surface area contributed by atoms with E-state index < -0.39 is 0 Å². The Bertz CT molecular complexity index is 802. The molecule has 0 amide bonds. The number of alkyl halides is 1. The van der Waals surface area contributed by atoms with E-state index in [4.69, 9.17) is 11.6 Å². The minimum absolute atomic E-state index is 0.339. The summed E-state index contributed by atoms with van der Waals surface area (Å²) in [6, 6.07) is 5.99. The molecule has 3 aromatic rings. The molecule has 0 saturated carbocycles. The molecule has 0 fully saturated rings. The number of aromatic nitrogens is 4. The van der Waals surface area contributed by atoms with E-state index in [2.05, 4.69) is 53.4 Å². The highest BCUT2D eigenvalue weighted by molar-refractivity contribution is 9.11. The third kappa shape index (κ3) is 2.33. The van der Waals surface area contributed by atoms with Gasteiger partial charge in [0.05, 0.1) is 17.3 Å². The van der Waals surface area contributed by atoms with Gasteiger partial charge in [-0.05, 0) is 57.8 Å². The fourth-order valence-corrected chi connectivity index (χ4v) is 3.99. The van der Waals surface area contributed by atoms with Gasteiger partial charge in [0.2, 0.25) is 0 Å². The van der Waals surface area contributed by atoms with Crippen molar-refractivity contribution in [3.05, 3.63) is 38.7 Å². The van der Waals surface area contributed by atoms with Crippen molar-refractivity contribution in [2.75, 3.05) is 0 Å². The van der Waals surface area contributed by atoms with Crippen LogP contribution in [-0.2, 0) is 12.4 Å². The van der Waals surface area contributed by atoms with Gasteiger partial charge in [-0.15, -0.1) is 11.6 Å². The van der Waals surface area contributed by atoms with E-state index >= 15 is 0 Å². The number of nitrogens with zero attached hydrogens (tertiary/aromatic N) is 4. The lowest BCUT2D eigenvalue weighted by Gasteiger charge is -2.13. The second kappa shape index (κ2) is 5.74. The molecule has 0 aliphatic rings. The monoisotopic (exact) mass is 430 g/mol. The average Bonchev–Trinajstić information content (AvgIpc) is 2.97. The van der Waals surface area contributed by atoms with Crippen LogP contribution in [0.15, 0.2) is 27.1 Å². The highest BCUT2D eigenvalue weighted by Gasteiger charge is 2.21. The zero-order chi connectivity index (χ0) is 15.1. The third-order valence-corrected chi connectivity index (χ3v) is 4.88. The first-order valence-corrected chi connectivity index (χ1v) is 8.65. The van der Waals surface area contributed by atoms with Crippen LogP contribution >= 0.6 is 43.5 Å². The number of fused-ring (bicyclic) bond motifs is 1. The van der Waals surface area contributed by atoms with E-state index in [0.717, 1.165) is 43.9 Å². The number of aryl methyl sites for hydroxylation is 2. The topological polar surface area (TPSA) is 35.6 Å². The maximum Gasteiger partial charge on any atom is 0.163 e. The van der Waals surface area contributed by atoms with E-state index in [1.165, 1.54) is 0 Å². The highest BCUT2D eigenvalue weighted by Crippen LogP contribution is 2.34. The lowest BCUT2D eigenvalue weighted by Crippen LogP contribution is -2.07. The molecule has 0 saturated heterocycles. The second-order valence-electron chi connectivity index (χ2n) is 4.64. The average molecular weight is 433 g/mol. The molecule has 0 unspecified atom stereocenters. The van der Waals surface area contributed by atoms with Crippen LogP contribution in [0.25, 0.3) is 16.9 Å². The Kier molecular flexibility index (Phi) is 4.12. The van der Waals surface area contributed by atoms with Crippen molar-refractivity contribution >= 4 is 54.6 Å². The predicted octanol–water partition coefficient (Wildman–Crippen LogP) is 4.81. The van der Waals surface area contributed by atoms with E-state index in [0.29, 0.717) is 5.88 Å². The fraction of sp³-hybridized carbons (Fsp3) is 0.286. The van der Waals surface area contributed by atoms with Gasteiger partial charge in [-0.2, -0.15) is 5.10 Å². The first-order valence-electron chi connectivity index (χ1n) is 6.53. The van der Waals surface area contributed by atoms with Crippen LogP contribution in [0.1, 0.15) is 18.4 Å². The van der Waals surface area contributed by atoms with Gasteiger partial charge in [-0.1, -0.05) is 6.07 Å². The Morgan fingerprint density at radius 2 is 1.90 bits per heavy atom. The van der Waals surface area contributed by atoms with Crippen molar-refractivity contribution in [3.63, 3.8) is 0 Å². The Morgan fingerprint density at radius 1 is 1.24 bits per heavy atom. The number of hydrogen-bond acceptors (Lipinski definition) is 2. The Hall–Kier alpha value is -0.850. The number of para-hydroxylation sites is 1. The number of hydrogen-bond donors (Lipinski definition) is 0. The van der Waals surface area contributed by atoms with Crippen LogP contribution in [0.4, 0.5) is 0 Å². The molecule has 21 heavy (non-hydrogen) atoms. The molecule has 0 aliphatic heterocycles. The Balaban J connectivity index is 2.45. The molecule has 3 rings (SSSR count). The van der Waals surface area contributed by atoms with Gasteiger partial charge in [-0.3, -0.25) is 4.57 Å². The summed E-state index contributed by atoms with van der Waals surface area (Å²) in [5.41, 5.74) is 3.78. The molecule has 0 aliphatic carbocycles. The molecule has 7 heteroatoms. The van der Waals surface area contributed by atoms with E-state index in [1.54, 1.807) is 0 Å². The number of imidazole rings is 1. The van der Waals surface area contributed by atoms with Gasteiger partial charge in [0.25, 0.3) is 0 Å². The van der Waals surface area contributed by atoms with Crippen LogP contribution < -0.4 is 0 Å². The van der Waals surface area contributed by atoms with Crippen LogP contribution in [0, 0.1) is 6.92 Å². The minimum atomic E-state index is 0.339. The second-order valence-corrected chi connectivity index (χ2v) is 6.62. The highest BCUT2D eigenvalue weighted by atomic mass is 79.9. The first kappa shape index (κ1) is 15.1. The van der Waals surface area contributed by atoms with Gasteiger partial charge in [0.15, 0.2) is 5.65 Å². The lowest BCUT2D eigenvalue weighted by molar-refractivity contribution is 0.660. The summed E-state index contributed by atoms with van der Waals surface area (Å²) in [6.45, 7) is 4.82. The fourth-order valence-electron chi connectivity index (χ4n) is 2.46. The standard InChI is InChI=1S/C14H13Br2ClN4/c1-3-20-14-12(8(2)19-20)18-11(7-17)21(14)13-9(15)5-4-6-10(13)16/h4-6H,3,7H2,1-2H3. The molecule has 2 heterocycles. The molecule has 1 aromatic carbocycles. The van der Waals surface area contributed by atoms with E-state index in [-0.39, 0.29) is 0 Å². The maximum absolute atomic E-state index is 6.12. The van der Waals surface area contributed by atoms with Crippen LogP contribution in [0.5, 0.6) is 0 Å². The molecule has 110 valence electrons. The van der Waals surface area contributed by atoms with Gasteiger partial charge in [0.1, 0.15) is 11.3 Å². The van der Waals surface area contributed by atoms with Gasteiger partial charge in [0, 0.05) is 15.5 Å². The van der Waals surface area contributed by atoms with Gasteiger partial charge >= 0.3 is 0 Å². The quantitative estimate of drug-likeness (QED) is 0.557. The summed E-state index contributed by atoms with van der Waals surface area (Å²) >= 11 is 13.4.